The number of pyridine rings is 1. The van der Waals surface area contributed by atoms with Crippen molar-refractivity contribution in [1.29, 1.82) is 0 Å². The molecule has 0 spiro atoms. The van der Waals surface area contributed by atoms with E-state index in [4.69, 9.17) is 9.15 Å². The lowest BCUT2D eigenvalue weighted by atomic mass is 10.2. The van der Waals surface area contributed by atoms with E-state index in [0.29, 0.717) is 16.5 Å². The molecular formula is C11H11NO3. The van der Waals surface area contributed by atoms with Gasteiger partial charge in [-0.15, -0.1) is 0 Å². The molecule has 4 nitrogen and oxygen atoms in total. The molecule has 78 valence electrons. The minimum Gasteiger partial charge on any atom is -0.463 e. The van der Waals surface area contributed by atoms with E-state index in [1.165, 1.54) is 6.26 Å². The molecule has 0 saturated heterocycles. The van der Waals surface area contributed by atoms with Gasteiger partial charge >= 0.3 is 5.97 Å². The van der Waals surface area contributed by atoms with Gasteiger partial charge in [0.15, 0.2) is 0 Å². The highest BCUT2D eigenvalue weighted by molar-refractivity contribution is 6.02. The zero-order valence-corrected chi connectivity index (χ0v) is 8.56. The van der Waals surface area contributed by atoms with Crippen molar-refractivity contribution >= 4 is 16.9 Å². The predicted octanol–water partition coefficient (Wildman–Crippen LogP) is 2.39. The molecule has 15 heavy (non-hydrogen) atoms. The topological polar surface area (TPSA) is 52.3 Å². The summed E-state index contributed by atoms with van der Waals surface area (Å²) in [7, 11) is 0. The zero-order chi connectivity index (χ0) is 10.8. The number of carbonyl (C=O) groups is 1. The van der Waals surface area contributed by atoms with Crippen LogP contribution in [0.5, 0.6) is 0 Å². The summed E-state index contributed by atoms with van der Waals surface area (Å²) in [5, 5.41) is 0.683. The van der Waals surface area contributed by atoms with Crippen LogP contribution in [0.2, 0.25) is 0 Å². The Hall–Kier alpha value is -1.84. The molecule has 2 aromatic rings. The molecule has 0 atom stereocenters. The summed E-state index contributed by atoms with van der Waals surface area (Å²) in [5.74, 6) is -0.378. The van der Waals surface area contributed by atoms with Gasteiger partial charge in [-0.2, -0.15) is 0 Å². The summed E-state index contributed by atoms with van der Waals surface area (Å²) in [5.41, 5.74) is 1.06. The highest BCUT2D eigenvalue weighted by Gasteiger charge is 2.15. The Morgan fingerprint density at radius 3 is 3.07 bits per heavy atom. The Bertz CT molecular complexity index is 487. The highest BCUT2D eigenvalue weighted by Crippen LogP contribution is 2.20. The Kier molecular flexibility index (Phi) is 2.41. The minimum atomic E-state index is -0.378. The van der Waals surface area contributed by atoms with Crippen molar-refractivity contribution in [2.75, 3.05) is 0 Å². The number of carbonyl (C=O) groups excluding carboxylic acids is 1. The van der Waals surface area contributed by atoms with Gasteiger partial charge in [-0.1, -0.05) is 0 Å². The zero-order valence-electron chi connectivity index (χ0n) is 8.56. The molecule has 0 bridgehead atoms. The average molecular weight is 205 g/mol. The summed E-state index contributed by atoms with van der Waals surface area (Å²) in [6, 6.07) is 1.71. The van der Waals surface area contributed by atoms with Gasteiger partial charge in [0.25, 0.3) is 0 Å². The summed E-state index contributed by atoms with van der Waals surface area (Å²) in [6.07, 6.45) is 4.47. The number of hydrogen-bond donors (Lipinski definition) is 0. The van der Waals surface area contributed by atoms with Crippen LogP contribution in [0.15, 0.2) is 29.1 Å². The van der Waals surface area contributed by atoms with E-state index in [2.05, 4.69) is 4.98 Å². The number of ether oxygens (including phenoxy) is 1. The Balaban J connectivity index is 2.40. The van der Waals surface area contributed by atoms with Crippen LogP contribution in [0.1, 0.15) is 24.2 Å². The molecule has 0 aromatic carbocycles. The smallest absolute Gasteiger partial charge is 0.342 e. The first kappa shape index (κ1) is 9.71. The van der Waals surface area contributed by atoms with Gasteiger partial charge < -0.3 is 9.15 Å². The normalized spacial score (nSPS) is 10.9. The van der Waals surface area contributed by atoms with Crippen LogP contribution in [-0.4, -0.2) is 17.1 Å². The monoisotopic (exact) mass is 205 g/mol. The van der Waals surface area contributed by atoms with Crippen LogP contribution in [-0.2, 0) is 4.74 Å². The van der Waals surface area contributed by atoms with E-state index in [9.17, 15) is 4.79 Å². The van der Waals surface area contributed by atoms with Gasteiger partial charge in [0.1, 0.15) is 17.4 Å². The van der Waals surface area contributed by atoms with Crippen molar-refractivity contribution in [3.63, 3.8) is 0 Å². The molecule has 2 heterocycles. The maximum absolute atomic E-state index is 11.6. The third-order valence-corrected chi connectivity index (χ3v) is 1.94. The van der Waals surface area contributed by atoms with Crippen molar-refractivity contribution < 1.29 is 13.9 Å². The van der Waals surface area contributed by atoms with Crippen molar-refractivity contribution in [1.82, 2.24) is 4.98 Å². The van der Waals surface area contributed by atoms with Gasteiger partial charge in [-0.3, -0.25) is 4.98 Å². The van der Waals surface area contributed by atoms with Gasteiger partial charge in [-0.25, -0.2) is 4.79 Å². The van der Waals surface area contributed by atoms with Gasteiger partial charge in [0.2, 0.25) is 0 Å². The third kappa shape index (κ3) is 1.83. The van der Waals surface area contributed by atoms with E-state index in [1.807, 2.05) is 0 Å². The third-order valence-electron chi connectivity index (χ3n) is 1.94. The highest BCUT2D eigenvalue weighted by atomic mass is 16.5. The van der Waals surface area contributed by atoms with Crippen molar-refractivity contribution in [3.05, 3.63) is 30.3 Å². The quantitative estimate of drug-likeness (QED) is 0.706. The summed E-state index contributed by atoms with van der Waals surface area (Å²) in [6.45, 7) is 3.61. The number of fused-ring (bicyclic) bond motifs is 1. The second-order valence-corrected chi connectivity index (χ2v) is 3.48. The molecule has 0 N–H and O–H groups in total. The number of hydrogen-bond acceptors (Lipinski definition) is 4. The largest absolute Gasteiger partial charge is 0.463 e. The molecule has 0 fully saturated rings. The number of esters is 1. The lowest BCUT2D eigenvalue weighted by Crippen LogP contribution is -2.10. The molecule has 0 radical (unpaired) electrons. The Labute approximate surface area is 86.9 Å². The number of nitrogens with zero attached hydrogens (tertiary/aromatic N) is 1. The SMILES string of the molecule is CC(C)OC(=O)c1coc2ccncc12. The average Bonchev–Trinajstić information content (AvgIpc) is 2.59. The molecule has 0 aliphatic rings. The summed E-state index contributed by atoms with van der Waals surface area (Å²) >= 11 is 0. The van der Waals surface area contributed by atoms with Gasteiger partial charge in [-0.05, 0) is 19.9 Å². The van der Waals surface area contributed by atoms with Crippen LogP contribution in [0.3, 0.4) is 0 Å². The summed E-state index contributed by atoms with van der Waals surface area (Å²) in [4.78, 5) is 15.6. The van der Waals surface area contributed by atoms with Crippen LogP contribution >= 0.6 is 0 Å². The second kappa shape index (κ2) is 3.73. The first-order valence-electron chi connectivity index (χ1n) is 4.70. The minimum absolute atomic E-state index is 0.140. The molecule has 0 unspecified atom stereocenters. The van der Waals surface area contributed by atoms with Crippen molar-refractivity contribution in [2.45, 2.75) is 20.0 Å². The fourth-order valence-electron chi connectivity index (χ4n) is 1.31. The lowest BCUT2D eigenvalue weighted by Gasteiger charge is -2.05. The first-order chi connectivity index (χ1) is 7.18. The molecule has 0 aliphatic carbocycles. The Morgan fingerprint density at radius 2 is 2.33 bits per heavy atom. The van der Waals surface area contributed by atoms with Crippen molar-refractivity contribution in [2.24, 2.45) is 0 Å². The molecule has 0 aliphatic heterocycles. The van der Waals surface area contributed by atoms with Crippen LogP contribution in [0.25, 0.3) is 11.0 Å². The first-order valence-corrected chi connectivity index (χ1v) is 4.70. The lowest BCUT2D eigenvalue weighted by molar-refractivity contribution is 0.0379. The van der Waals surface area contributed by atoms with E-state index >= 15 is 0 Å². The van der Waals surface area contributed by atoms with Crippen LogP contribution in [0.4, 0.5) is 0 Å². The van der Waals surface area contributed by atoms with Crippen LogP contribution < -0.4 is 0 Å². The van der Waals surface area contributed by atoms with E-state index in [1.54, 1.807) is 32.3 Å². The predicted molar refractivity (Wildman–Crippen MR) is 54.6 cm³/mol. The number of rotatable bonds is 2. The number of furan rings is 1. The Morgan fingerprint density at radius 1 is 1.53 bits per heavy atom. The van der Waals surface area contributed by atoms with E-state index in [-0.39, 0.29) is 12.1 Å². The molecule has 0 saturated carbocycles. The van der Waals surface area contributed by atoms with E-state index < -0.39 is 0 Å². The number of aromatic nitrogens is 1. The van der Waals surface area contributed by atoms with Gasteiger partial charge in [0, 0.05) is 12.4 Å². The molecule has 2 aromatic heterocycles. The maximum atomic E-state index is 11.6. The molecule has 0 amide bonds. The standard InChI is InChI=1S/C11H11NO3/c1-7(2)15-11(13)9-6-14-10-3-4-12-5-8(9)10/h3-7H,1-2H3. The summed E-state index contributed by atoms with van der Waals surface area (Å²) < 4.78 is 10.3. The second-order valence-electron chi connectivity index (χ2n) is 3.48. The molecule has 4 heteroatoms. The molecule has 2 rings (SSSR count). The fourth-order valence-corrected chi connectivity index (χ4v) is 1.31. The fraction of sp³-hybridized carbons (Fsp3) is 0.273. The van der Waals surface area contributed by atoms with Gasteiger partial charge in [0.05, 0.1) is 11.5 Å². The maximum Gasteiger partial charge on any atom is 0.342 e. The van der Waals surface area contributed by atoms with Crippen LogP contribution in [0, 0.1) is 0 Å². The molecular weight excluding hydrogens is 194 g/mol. The van der Waals surface area contributed by atoms with E-state index in [0.717, 1.165) is 0 Å². The van der Waals surface area contributed by atoms with Crippen molar-refractivity contribution in [3.8, 4) is 0 Å².